The van der Waals surface area contributed by atoms with Gasteiger partial charge in [0.05, 0.1) is 5.75 Å². The Balaban J connectivity index is 1.42. The van der Waals surface area contributed by atoms with Gasteiger partial charge in [-0.25, -0.2) is 0 Å². The molecule has 0 N–H and O–H groups in total. The van der Waals surface area contributed by atoms with Crippen molar-refractivity contribution in [1.82, 2.24) is 10.2 Å². The first kappa shape index (κ1) is 16.0. The summed E-state index contributed by atoms with van der Waals surface area (Å²) in [5.74, 6) is 1.70. The molecule has 0 fully saturated rings. The summed E-state index contributed by atoms with van der Waals surface area (Å²) >= 11 is 7.13. The third-order valence-corrected chi connectivity index (χ3v) is 4.55. The monoisotopic (exact) mass is 374 g/mol. The van der Waals surface area contributed by atoms with Crippen molar-refractivity contribution in [2.24, 2.45) is 0 Å². The highest BCUT2D eigenvalue weighted by molar-refractivity contribution is 7.99. The Morgan fingerprint density at radius 3 is 2.88 bits per heavy atom. The molecule has 0 unspecified atom stereocenters. The van der Waals surface area contributed by atoms with E-state index in [1.807, 2.05) is 6.07 Å². The van der Waals surface area contributed by atoms with Crippen LogP contribution in [-0.2, 0) is 0 Å². The topological polar surface area (TPSA) is 74.5 Å². The molecule has 4 rings (SSSR count). The Labute approximate surface area is 152 Å². The van der Waals surface area contributed by atoms with Crippen molar-refractivity contribution < 1.29 is 18.7 Å². The predicted molar refractivity (Wildman–Crippen MR) is 92.4 cm³/mol. The zero-order valence-electron chi connectivity index (χ0n) is 12.8. The van der Waals surface area contributed by atoms with Gasteiger partial charge in [-0.2, -0.15) is 0 Å². The average Bonchev–Trinajstić information content (AvgIpc) is 3.28. The Morgan fingerprint density at radius 1 is 1.12 bits per heavy atom. The first-order chi connectivity index (χ1) is 12.2. The number of nitrogens with zero attached hydrogens (tertiary/aromatic N) is 2. The smallest absolute Gasteiger partial charge is 0.277 e. The number of thioether (sulfide) groups is 1. The maximum absolute atomic E-state index is 12.3. The molecule has 0 radical (unpaired) electrons. The van der Waals surface area contributed by atoms with Gasteiger partial charge < -0.3 is 13.9 Å². The number of benzene rings is 2. The van der Waals surface area contributed by atoms with Crippen molar-refractivity contribution >= 4 is 29.1 Å². The molecule has 8 heteroatoms. The van der Waals surface area contributed by atoms with E-state index in [1.165, 1.54) is 11.8 Å². The van der Waals surface area contributed by atoms with Gasteiger partial charge in [-0.1, -0.05) is 29.4 Å². The molecule has 0 bridgehead atoms. The number of rotatable bonds is 5. The van der Waals surface area contributed by atoms with Crippen molar-refractivity contribution in [3.63, 3.8) is 0 Å². The van der Waals surface area contributed by atoms with Gasteiger partial charge in [-0.3, -0.25) is 4.79 Å². The largest absolute Gasteiger partial charge is 0.454 e. The minimum Gasteiger partial charge on any atom is -0.454 e. The van der Waals surface area contributed by atoms with Crippen LogP contribution in [0.4, 0.5) is 0 Å². The highest BCUT2D eigenvalue weighted by Gasteiger charge is 2.17. The molecule has 0 atom stereocenters. The number of ketones is 1. The Morgan fingerprint density at radius 2 is 2.00 bits per heavy atom. The summed E-state index contributed by atoms with van der Waals surface area (Å²) in [7, 11) is 0. The minimum atomic E-state index is -0.0641. The molecule has 0 saturated heterocycles. The number of ether oxygens (including phenoxy) is 2. The second-order valence-corrected chi connectivity index (χ2v) is 6.53. The molecule has 2 aromatic carbocycles. The number of carbonyl (C=O) groups excluding carboxylic acids is 1. The molecule has 6 nitrogen and oxygen atoms in total. The van der Waals surface area contributed by atoms with Crippen LogP contribution in [0.2, 0.25) is 5.02 Å². The quantitative estimate of drug-likeness (QED) is 0.491. The van der Waals surface area contributed by atoms with Gasteiger partial charge in [0.1, 0.15) is 0 Å². The van der Waals surface area contributed by atoms with E-state index in [9.17, 15) is 4.79 Å². The molecule has 3 aromatic rings. The van der Waals surface area contributed by atoms with E-state index >= 15 is 0 Å². The molecule has 2 heterocycles. The maximum Gasteiger partial charge on any atom is 0.277 e. The molecular weight excluding hydrogens is 364 g/mol. The number of Topliss-reactive ketones (excluding diaryl/α,β-unsaturated/α-hetero) is 1. The molecule has 0 aliphatic carbocycles. The molecule has 0 spiro atoms. The number of halogens is 1. The first-order valence-corrected chi connectivity index (χ1v) is 8.70. The Hall–Kier alpha value is -2.51. The predicted octanol–water partition coefficient (Wildman–Crippen LogP) is 4.09. The molecule has 25 heavy (non-hydrogen) atoms. The number of aromatic nitrogens is 2. The molecule has 1 aliphatic heterocycles. The fourth-order valence-electron chi connectivity index (χ4n) is 2.29. The van der Waals surface area contributed by atoms with Crippen LogP contribution < -0.4 is 9.47 Å². The van der Waals surface area contributed by atoms with Crippen LogP contribution in [-0.4, -0.2) is 28.5 Å². The molecule has 126 valence electrons. The third kappa shape index (κ3) is 3.47. The lowest BCUT2D eigenvalue weighted by molar-refractivity contribution is 0.102. The van der Waals surface area contributed by atoms with Crippen LogP contribution >= 0.6 is 23.4 Å². The summed E-state index contributed by atoms with van der Waals surface area (Å²) in [6.45, 7) is 0.177. The number of fused-ring (bicyclic) bond motifs is 1. The Bertz CT molecular complexity index is 944. The lowest BCUT2D eigenvalue weighted by Crippen LogP contribution is -2.02. The van der Waals surface area contributed by atoms with Crippen LogP contribution in [0.25, 0.3) is 11.5 Å². The van der Waals surface area contributed by atoms with Crippen molar-refractivity contribution in [1.29, 1.82) is 0 Å². The average molecular weight is 375 g/mol. The summed E-state index contributed by atoms with van der Waals surface area (Å²) in [6.07, 6.45) is 0. The van der Waals surface area contributed by atoms with E-state index in [1.54, 1.807) is 36.4 Å². The first-order valence-electron chi connectivity index (χ1n) is 7.34. The summed E-state index contributed by atoms with van der Waals surface area (Å²) < 4.78 is 16.1. The van der Waals surface area contributed by atoms with E-state index in [2.05, 4.69) is 10.2 Å². The highest BCUT2D eigenvalue weighted by atomic mass is 35.5. The van der Waals surface area contributed by atoms with Gasteiger partial charge in [-0.05, 0) is 36.4 Å². The van der Waals surface area contributed by atoms with Crippen LogP contribution in [0.15, 0.2) is 52.1 Å². The van der Waals surface area contributed by atoms with Gasteiger partial charge in [0, 0.05) is 16.1 Å². The zero-order valence-corrected chi connectivity index (χ0v) is 14.3. The molecule has 0 amide bonds. The lowest BCUT2D eigenvalue weighted by atomic mass is 10.1. The number of carbonyl (C=O) groups is 1. The summed E-state index contributed by atoms with van der Waals surface area (Å²) in [6, 6.07) is 12.2. The van der Waals surface area contributed by atoms with E-state index in [0.29, 0.717) is 33.2 Å². The maximum atomic E-state index is 12.3. The summed E-state index contributed by atoms with van der Waals surface area (Å²) in [5, 5.41) is 8.84. The van der Waals surface area contributed by atoms with Gasteiger partial charge in [-0.15, -0.1) is 10.2 Å². The normalized spacial score (nSPS) is 12.4. The van der Waals surface area contributed by atoms with Crippen LogP contribution in [0.1, 0.15) is 10.4 Å². The van der Waals surface area contributed by atoms with Crippen LogP contribution in [0.5, 0.6) is 11.5 Å². The zero-order chi connectivity index (χ0) is 17.2. The fraction of sp³-hybridized carbons (Fsp3) is 0.118. The van der Waals surface area contributed by atoms with E-state index in [0.717, 1.165) is 5.56 Å². The second kappa shape index (κ2) is 6.78. The third-order valence-electron chi connectivity index (χ3n) is 3.50. The van der Waals surface area contributed by atoms with Gasteiger partial charge >= 0.3 is 0 Å². The van der Waals surface area contributed by atoms with Crippen molar-refractivity contribution in [2.45, 2.75) is 5.22 Å². The van der Waals surface area contributed by atoms with Crippen LogP contribution in [0, 0.1) is 0 Å². The standard InChI is InChI=1S/C17H11ClN2O4S/c18-12-3-1-2-11(6-12)16-19-20-17(24-16)25-8-13(21)10-4-5-14-15(7-10)23-9-22-14/h1-7H,8-9H2. The second-order valence-electron chi connectivity index (χ2n) is 5.16. The lowest BCUT2D eigenvalue weighted by Gasteiger charge is -2.01. The molecule has 1 aliphatic rings. The van der Waals surface area contributed by atoms with E-state index in [-0.39, 0.29) is 18.3 Å². The summed E-state index contributed by atoms with van der Waals surface area (Å²) in [5.41, 5.74) is 1.28. The molecular formula is C17H11ClN2O4S. The van der Waals surface area contributed by atoms with Crippen molar-refractivity contribution in [2.75, 3.05) is 12.5 Å². The van der Waals surface area contributed by atoms with Crippen molar-refractivity contribution in [3.8, 4) is 23.0 Å². The Kier molecular flexibility index (Phi) is 4.33. The van der Waals surface area contributed by atoms with Gasteiger partial charge in [0.2, 0.25) is 12.7 Å². The fourth-order valence-corrected chi connectivity index (χ4v) is 3.13. The van der Waals surface area contributed by atoms with Crippen LogP contribution in [0.3, 0.4) is 0 Å². The summed E-state index contributed by atoms with van der Waals surface area (Å²) in [4.78, 5) is 12.3. The highest BCUT2D eigenvalue weighted by Crippen LogP contribution is 2.33. The van der Waals surface area contributed by atoms with Gasteiger partial charge in [0.15, 0.2) is 17.3 Å². The van der Waals surface area contributed by atoms with E-state index in [4.69, 9.17) is 25.5 Å². The SMILES string of the molecule is O=C(CSc1nnc(-c2cccc(Cl)c2)o1)c1ccc2c(c1)OCO2. The number of hydrogen-bond acceptors (Lipinski definition) is 7. The molecule has 1 aromatic heterocycles. The van der Waals surface area contributed by atoms with E-state index < -0.39 is 0 Å². The van der Waals surface area contributed by atoms with Gasteiger partial charge in [0.25, 0.3) is 5.22 Å². The molecule has 0 saturated carbocycles. The minimum absolute atomic E-state index is 0.0641. The number of hydrogen-bond donors (Lipinski definition) is 0. The van der Waals surface area contributed by atoms with Crippen molar-refractivity contribution in [3.05, 3.63) is 53.1 Å².